The fourth-order valence-corrected chi connectivity index (χ4v) is 5.95. The molecule has 7 nitrogen and oxygen atoms in total. The average Bonchev–Trinajstić information content (AvgIpc) is 3.57. The third kappa shape index (κ3) is 3.36. The zero-order valence-electron chi connectivity index (χ0n) is 18.1. The maximum Gasteiger partial charge on any atom is 0.261 e. The first kappa shape index (κ1) is 21.2. The Bertz CT molecular complexity index is 1460. The molecule has 0 unspecified atom stereocenters. The summed E-state index contributed by atoms with van der Waals surface area (Å²) in [5, 5.41) is 10.0. The number of likely N-dealkylation sites (tertiary alicyclic amines) is 1. The molecule has 0 spiro atoms. The van der Waals surface area contributed by atoms with Crippen LogP contribution in [-0.2, 0) is 9.59 Å². The van der Waals surface area contributed by atoms with Crippen molar-refractivity contribution < 1.29 is 18.4 Å². The van der Waals surface area contributed by atoms with Crippen molar-refractivity contribution >= 4 is 55.4 Å². The second-order valence-corrected chi connectivity index (χ2v) is 9.55. The van der Waals surface area contributed by atoms with Crippen LogP contribution in [0, 0.1) is 0 Å². The maximum atomic E-state index is 13.0. The van der Waals surface area contributed by atoms with Gasteiger partial charge in [0.15, 0.2) is 0 Å². The number of carbonyl (C=O) groups is 2. The summed E-state index contributed by atoms with van der Waals surface area (Å²) in [6, 6.07) is 9.59. The first-order valence-corrected chi connectivity index (χ1v) is 12.0. The number of halogens is 2. The molecule has 0 bridgehead atoms. The number of nitrogens with one attached hydrogen (secondary N) is 2. The molecule has 0 aliphatic carbocycles. The van der Waals surface area contributed by atoms with Crippen LogP contribution < -0.4 is 5.32 Å². The second-order valence-electron chi connectivity index (χ2n) is 8.63. The highest BCUT2D eigenvalue weighted by Crippen LogP contribution is 2.39. The largest absolute Gasteiger partial charge is 0.360 e. The molecule has 174 valence electrons. The molecular formula is C24H21F2N5O2S. The Morgan fingerprint density at radius 2 is 1.85 bits per heavy atom. The molecule has 0 atom stereocenters. The lowest BCUT2D eigenvalue weighted by atomic mass is 9.99. The van der Waals surface area contributed by atoms with Crippen LogP contribution in [0.2, 0.25) is 0 Å². The third-order valence-electron chi connectivity index (χ3n) is 6.63. The van der Waals surface area contributed by atoms with Gasteiger partial charge in [0.25, 0.3) is 18.2 Å². The Balaban J connectivity index is 1.46. The zero-order chi connectivity index (χ0) is 23.4. The minimum atomic E-state index is -2.35. The molecule has 5 heterocycles. The van der Waals surface area contributed by atoms with Crippen LogP contribution in [-0.4, -0.2) is 57.5 Å². The topological polar surface area (TPSA) is 83.0 Å². The van der Waals surface area contributed by atoms with Crippen LogP contribution in [0.4, 0.5) is 8.78 Å². The van der Waals surface area contributed by atoms with Crippen molar-refractivity contribution in [3.8, 4) is 0 Å². The lowest BCUT2D eigenvalue weighted by Crippen LogP contribution is -2.37. The van der Waals surface area contributed by atoms with Crippen molar-refractivity contribution in [2.75, 3.05) is 19.6 Å². The number of amides is 2. The average molecular weight is 482 g/mol. The molecule has 3 aromatic heterocycles. The molecule has 2 aliphatic heterocycles. The minimum Gasteiger partial charge on any atom is -0.360 e. The van der Waals surface area contributed by atoms with Gasteiger partial charge in [-0.3, -0.25) is 24.5 Å². The van der Waals surface area contributed by atoms with Crippen molar-refractivity contribution in [1.82, 2.24) is 25.0 Å². The highest BCUT2D eigenvalue weighted by atomic mass is 32.1. The Morgan fingerprint density at radius 1 is 1.09 bits per heavy atom. The molecule has 2 aliphatic rings. The number of nitrogens with zero attached hydrogens (tertiary/aromatic N) is 3. The summed E-state index contributed by atoms with van der Waals surface area (Å²) in [6.07, 6.45) is 0.776. The predicted octanol–water partition coefficient (Wildman–Crippen LogP) is 4.05. The van der Waals surface area contributed by atoms with Gasteiger partial charge in [-0.2, -0.15) is 5.10 Å². The van der Waals surface area contributed by atoms with E-state index in [-0.39, 0.29) is 18.2 Å². The Kier molecular flexibility index (Phi) is 5.07. The summed E-state index contributed by atoms with van der Waals surface area (Å²) < 4.78 is 28.4. The summed E-state index contributed by atoms with van der Waals surface area (Å²) in [5.74, 6) is -0.902. The van der Waals surface area contributed by atoms with Gasteiger partial charge in [-0.05, 0) is 30.4 Å². The van der Waals surface area contributed by atoms with E-state index in [0.717, 1.165) is 21.1 Å². The number of thiophene rings is 1. The minimum absolute atomic E-state index is 0.0213. The molecule has 6 rings (SSSR count). The van der Waals surface area contributed by atoms with Crippen molar-refractivity contribution in [2.24, 2.45) is 0 Å². The monoisotopic (exact) mass is 481 g/mol. The van der Waals surface area contributed by atoms with Gasteiger partial charge in [-0.1, -0.05) is 18.2 Å². The fourth-order valence-electron chi connectivity index (χ4n) is 5.06. The Labute approximate surface area is 197 Å². The quantitative estimate of drug-likeness (QED) is 0.422. The van der Waals surface area contributed by atoms with E-state index in [9.17, 15) is 18.4 Å². The van der Waals surface area contributed by atoms with Crippen LogP contribution in [0.3, 0.4) is 0 Å². The van der Waals surface area contributed by atoms with Gasteiger partial charge in [0, 0.05) is 30.2 Å². The first-order chi connectivity index (χ1) is 16.5. The van der Waals surface area contributed by atoms with Gasteiger partial charge in [0.2, 0.25) is 0 Å². The highest BCUT2D eigenvalue weighted by Gasteiger charge is 2.37. The Hall–Kier alpha value is -3.37. The molecular weight excluding hydrogens is 460 g/mol. The van der Waals surface area contributed by atoms with E-state index in [2.05, 4.69) is 10.3 Å². The molecule has 2 N–H and O–H groups in total. The first-order valence-electron chi connectivity index (χ1n) is 11.1. The number of fused-ring (bicyclic) bond motifs is 2. The normalized spacial score (nSPS) is 18.2. The highest BCUT2D eigenvalue weighted by molar-refractivity contribution is 7.17. The molecule has 1 fully saturated rings. The number of hydrogen-bond donors (Lipinski definition) is 2. The molecule has 0 radical (unpaired) electrons. The van der Waals surface area contributed by atoms with Crippen molar-refractivity contribution in [1.29, 1.82) is 0 Å². The molecule has 1 saturated heterocycles. The van der Waals surface area contributed by atoms with E-state index in [4.69, 9.17) is 5.10 Å². The van der Waals surface area contributed by atoms with Gasteiger partial charge in [0.05, 0.1) is 39.5 Å². The number of carbonyl (C=O) groups excluding carboxylic acids is 2. The summed E-state index contributed by atoms with van der Waals surface area (Å²) in [6.45, 7) is 0.903. The Morgan fingerprint density at radius 3 is 2.65 bits per heavy atom. The standard InChI is InChI=1S/C24H21F2N5O2S/c25-18(26)12-30-8-5-13(6-9-30)31-17-4-2-1-3-14(17)21(29-31)20-19(23(32)28-24(20)33)15-11-27-16-7-10-34-22(15)16/h1-4,7,10-11,13,18,27H,5-6,8-9,12H2,(H,28,32,33). The van der Waals surface area contributed by atoms with Crippen LogP contribution >= 0.6 is 11.3 Å². The zero-order valence-corrected chi connectivity index (χ0v) is 18.9. The second kappa shape index (κ2) is 8.14. The summed E-state index contributed by atoms with van der Waals surface area (Å²) in [4.78, 5) is 30.9. The fraction of sp³-hybridized carbons (Fsp3) is 0.292. The number of rotatable bonds is 5. The van der Waals surface area contributed by atoms with E-state index in [1.807, 2.05) is 40.4 Å². The van der Waals surface area contributed by atoms with Gasteiger partial charge in [-0.15, -0.1) is 11.3 Å². The van der Waals surface area contributed by atoms with Crippen LogP contribution in [0.5, 0.6) is 0 Å². The van der Waals surface area contributed by atoms with E-state index >= 15 is 0 Å². The van der Waals surface area contributed by atoms with Crippen LogP contribution in [0.15, 0.2) is 41.9 Å². The van der Waals surface area contributed by atoms with Gasteiger partial charge in [-0.25, -0.2) is 8.78 Å². The number of piperidine rings is 1. The maximum absolute atomic E-state index is 13.0. The van der Waals surface area contributed by atoms with E-state index in [1.165, 1.54) is 11.3 Å². The number of aromatic nitrogens is 3. The van der Waals surface area contributed by atoms with E-state index in [0.29, 0.717) is 42.8 Å². The molecule has 4 aromatic rings. The predicted molar refractivity (Wildman–Crippen MR) is 127 cm³/mol. The SMILES string of the molecule is O=C1NC(=O)C(c2c[nH]c3ccsc23)=C1c1nn(C2CCN(CC(F)F)CC2)c2ccccc12. The van der Waals surface area contributed by atoms with Crippen LogP contribution in [0.25, 0.3) is 32.3 Å². The van der Waals surface area contributed by atoms with Gasteiger partial charge >= 0.3 is 0 Å². The number of hydrogen-bond acceptors (Lipinski definition) is 5. The van der Waals surface area contributed by atoms with Crippen molar-refractivity contribution in [3.05, 3.63) is 53.2 Å². The molecule has 0 saturated carbocycles. The number of aromatic amines is 1. The lowest BCUT2D eigenvalue weighted by Gasteiger charge is -2.32. The number of benzene rings is 1. The van der Waals surface area contributed by atoms with E-state index < -0.39 is 18.2 Å². The van der Waals surface area contributed by atoms with Gasteiger partial charge in [0.1, 0.15) is 5.69 Å². The third-order valence-corrected chi connectivity index (χ3v) is 7.58. The summed E-state index contributed by atoms with van der Waals surface area (Å²) in [7, 11) is 0. The van der Waals surface area contributed by atoms with Gasteiger partial charge < -0.3 is 4.98 Å². The van der Waals surface area contributed by atoms with Crippen molar-refractivity contribution in [2.45, 2.75) is 25.3 Å². The molecule has 1 aromatic carbocycles. The van der Waals surface area contributed by atoms with Crippen molar-refractivity contribution in [3.63, 3.8) is 0 Å². The summed E-state index contributed by atoms with van der Waals surface area (Å²) >= 11 is 1.50. The number of para-hydroxylation sites is 1. The van der Waals surface area contributed by atoms with E-state index in [1.54, 1.807) is 11.1 Å². The number of H-pyrrole nitrogens is 1. The lowest BCUT2D eigenvalue weighted by molar-refractivity contribution is -0.122. The van der Waals surface area contributed by atoms with Crippen LogP contribution in [0.1, 0.15) is 30.1 Å². The molecule has 2 amide bonds. The molecule has 10 heteroatoms. The summed E-state index contributed by atoms with van der Waals surface area (Å²) in [5.41, 5.74) is 3.51. The number of imide groups is 1. The smallest absolute Gasteiger partial charge is 0.261 e. The number of alkyl halides is 2. The molecule has 34 heavy (non-hydrogen) atoms.